The van der Waals surface area contributed by atoms with Gasteiger partial charge in [0, 0.05) is 6.04 Å². The van der Waals surface area contributed by atoms with Gasteiger partial charge in [0.25, 0.3) is 0 Å². The molecule has 0 saturated heterocycles. The standard InChI is InChI=1S/C15H22F3NOS/c1-3-21-8-4-7-20-14-6-5-12(9-11(2)19)10-13(14)15(16,17)18/h5-6,10-11H,3-4,7-9,19H2,1-2H3. The van der Waals surface area contributed by atoms with Crippen LogP contribution in [0.15, 0.2) is 18.2 Å². The molecule has 0 spiro atoms. The molecular formula is C15H22F3NOS. The van der Waals surface area contributed by atoms with E-state index in [4.69, 9.17) is 10.5 Å². The molecule has 1 unspecified atom stereocenters. The average Bonchev–Trinajstić information content (AvgIpc) is 2.38. The summed E-state index contributed by atoms with van der Waals surface area (Å²) in [7, 11) is 0. The Morgan fingerprint density at radius 1 is 1.33 bits per heavy atom. The minimum Gasteiger partial charge on any atom is -0.493 e. The Bertz CT molecular complexity index is 435. The summed E-state index contributed by atoms with van der Waals surface area (Å²) in [6.45, 7) is 4.11. The molecule has 0 saturated carbocycles. The average molecular weight is 321 g/mol. The molecule has 1 aromatic rings. The number of alkyl halides is 3. The predicted molar refractivity (Wildman–Crippen MR) is 81.9 cm³/mol. The molecule has 0 aliphatic carbocycles. The summed E-state index contributed by atoms with van der Waals surface area (Å²) in [5.41, 5.74) is 5.49. The maximum Gasteiger partial charge on any atom is 0.419 e. The number of hydrogen-bond acceptors (Lipinski definition) is 3. The lowest BCUT2D eigenvalue weighted by atomic mass is 10.0. The SMILES string of the molecule is CCSCCCOc1ccc(CC(C)N)cc1C(F)(F)F. The number of ether oxygens (including phenoxy) is 1. The van der Waals surface area contributed by atoms with E-state index in [0.717, 1.165) is 24.0 Å². The number of halogens is 3. The van der Waals surface area contributed by atoms with Crippen LogP contribution in [0.4, 0.5) is 13.2 Å². The van der Waals surface area contributed by atoms with Crippen molar-refractivity contribution in [3.63, 3.8) is 0 Å². The third-order valence-corrected chi connectivity index (χ3v) is 3.79. The van der Waals surface area contributed by atoms with E-state index in [1.54, 1.807) is 24.8 Å². The highest BCUT2D eigenvalue weighted by atomic mass is 32.2. The lowest BCUT2D eigenvalue weighted by Crippen LogP contribution is -2.18. The highest BCUT2D eigenvalue weighted by Crippen LogP contribution is 2.37. The third kappa shape index (κ3) is 6.61. The summed E-state index contributed by atoms with van der Waals surface area (Å²) in [4.78, 5) is 0. The molecule has 120 valence electrons. The second kappa shape index (κ2) is 8.54. The first kappa shape index (κ1) is 18.2. The van der Waals surface area contributed by atoms with Crippen LogP contribution in [0.1, 0.15) is 31.4 Å². The summed E-state index contributed by atoms with van der Waals surface area (Å²) < 4.78 is 44.5. The van der Waals surface area contributed by atoms with Gasteiger partial charge in [0.15, 0.2) is 0 Å². The van der Waals surface area contributed by atoms with Crippen LogP contribution in [0.2, 0.25) is 0 Å². The lowest BCUT2D eigenvalue weighted by molar-refractivity contribution is -0.139. The fraction of sp³-hybridized carbons (Fsp3) is 0.600. The summed E-state index contributed by atoms with van der Waals surface area (Å²) in [6.07, 6.45) is -3.27. The van der Waals surface area contributed by atoms with Gasteiger partial charge in [0.2, 0.25) is 0 Å². The number of rotatable bonds is 8. The van der Waals surface area contributed by atoms with Gasteiger partial charge >= 0.3 is 6.18 Å². The van der Waals surface area contributed by atoms with E-state index in [-0.39, 0.29) is 11.8 Å². The van der Waals surface area contributed by atoms with Gasteiger partial charge in [-0.05, 0) is 49.0 Å². The number of hydrogen-bond donors (Lipinski definition) is 1. The summed E-state index contributed by atoms with van der Waals surface area (Å²) in [5.74, 6) is 1.79. The van der Waals surface area contributed by atoms with E-state index in [1.807, 2.05) is 6.92 Å². The van der Waals surface area contributed by atoms with Crippen LogP contribution < -0.4 is 10.5 Å². The molecule has 0 aliphatic rings. The van der Waals surface area contributed by atoms with Crippen molar-refractivity contribution in [2.45, 2.75) is 38.9 Å². The Labute approximate surface area is 128 Å². The molecule has 2 N–H and O–H groups in total. The highest BCUT2D eigenvalue weighted by molar-refractivity contribution is 7.99. The first-order valence-corrected chi connectivity index (χ1v) is 8.16. The van der Waals surface area contributed by atoms with E-state index in [9.17, 15) is 13.2 Å². The quantitative estimate of drug-likeness (QED) is 0.732. The molecule has 0 aromatic heterocycles. The zero-order valence-electron chi connectivity index (χ0n) is 12.4. The Kier molecular flexibility index (Phi) is 7.39. The van der Waals surface area contributed by atoms with Crippen LogP contribution in [0, 0.1) is 0 Å². The predicted octanol–water partition coefficient (Wildman–Crippen LogP) is 4.12. The van der Waals surface area contributed by atoms with Crippen molar-refractivity contribution < 1.29 is 17.9 Å². The minimum atomic E-state index is -4.42. The van der Waals surface area contributed by atoms with Crippen molar-refractivity contribution in [2.24, 2.45) is 5.73 Å². The maximum absolute atomic E-state index is 13.1. The van der Waals surface area contributed by atoms with Crippen LogP contribution in [-0.4, -0.2) is 24.2 Å². The third-order valence-electron chi connectivity index (χ3n) is 2.80. The fourth-order valence-electron chi connectivity index (χ4n) is 1.91. The number of thioether (sulfide) groups is 1. The molecule has 21 heavy (non-hydrogen) atoms. The number of nitrogens with two attached hydrogens (primary N) is 1. The van der Waals surface area contributed by atoms with Crippen LogP contribution >= 0.6 is 11.8 Å². The van der Waals surface area contributed by atoms with Gasteiger partial charge in [-0.1, -0.05) is 13.0 Å². The molecule has 2 nitrogen and oxygen atoms in total. The van der Waals surface area contributed by atoms with Crippen molar-refractivity contribution in [1.82, 2.24) is 0 Å². The second-order valence-electron chi connectivity index (χ2n) is 4.91. The molecule has 1 aromatic carbocycles. The Morgan fingerprint density at radius 3 is 2.62 bits per heavy atom. The van der Waals surface area contributed by atoms with Gasteiger partial charge in [-0.25, -0.2) is 0 Å². The van der Waals surface area contributed by atoms with Gasteiger partial charge in [-0.15, -0.1) is 0 Å². The van der Waals surface area contributed by atoms with Crippen molar-refractivity contribution >= 4 is 11.8 Å². The lowest BCUT2D eigenvalue weighted by Gasteiger charge is -2.16. The van der Waals surface area contributed by atoms with E-state index in [2.05, 4.69) is 0 Å². The van der Waals surface area contributed by atoms with Gasteiger partial charge < -0.3 is 10.5 Å². The molecule has 0 aliphatic heterocycles. The maximum atomic E-state index is 13.1. The van der Waals surface area contributed by atoms with Gasteiger partial charge in [0.05, 0.1) is 12.2 Å². The summed E-state index contributed by atoms with van der Waals surface area (Å²) >= 11 is 1.75. The molecule has 0 radical (unpaired) electrons. The van der Waals surface area contributed by atoms with Crippen molar-refractivity contribution in [3.8, 4) is 5.75 Å². The van der Waals surface area contributed by atoms with Gasteiger partial charge in [-0.2, -0.15) is 24.9 Å². The normalized spacial score (nSPS) is 13.2. The topological polar surface area (TPSA) is 35.2 Å². The van der Waals surface area contributed by atoms with Crippen molar-refractivity contribution in [2.75, 3.05) is 18.1 Å². The second-order valence-corrected chi connectivity index (χ2v) is 6.30. The first-order valence-electron chi connectivity index (χ1n) is 7.00. The fourth-order valence-corrected chi connectivity index (χ4v) is 2.52. The molecule has 0 fully saturated rings. The largest absolute Gasteiger partial charge is 0.493 e. The summed E-state index contributed by atoms with van der Waals surface area (Å²) in [6, 6.07) is 4.01. The Balaban J connectivity index is 2.77. The molecule has 1 atom stereocenters. The van der Waals surface area contributed by atoms with Crippen LogP contribution in [-0.2, 0) is 12.6 Å². The molecule has 0 amide bonds. The van der Waals surface area contributed by atoms with Crippen molar-refractivity contribution in [3.05, 3.63) is 29.3 Å². The number of benzene rings is 1. The van der Waals surface area contributed by atoms with Crippen LogP contribution in [0.25, 0.3) is 0 Å². The highest BCUT2D eigenvalue weighted by Gasteiger charge is 2.34. The Morgan fingerprint density at radius 2 is 2.05 bits per heavy atom. The molecule has 0 heterocycles. The first-order chi connectivity index (χ1) is 9.84. The van der Waals surface area contributed by atoms with Crippen LogP contribution in [0.3, 0.4) is 0 Å². The molecule has 1 rings (SSSR count). The van der Waals surface area contributed by atoms with E-state index in [1.165, 1.54) is 6.07 Å². The van der Waals surface area contributed by atoms with Crippen molar-refractivity contribution in [1.29, 1.82) is 0 Å². The smallest absolute Gasteiger partial charge is 0.419 e. The van der Waals surface area contributed by atoms with E-state index in [0.29, 0.717) is 18.6 Å². The zero-order chi connectivity index (χ0) is 15.9. The van der Waals surface area contributed by atoms with E-state index >= 15 is 0 Å². The minimum absolute atomic E-state index is 0.0996. The van der Waals surface area contributed by atoms with Gasteiger partial charge in [-0.3, -0.25) is 0 Å². The van der Waals surface area contributed by atoms with Gasteiger partial charge in [0.1, 0.15) is 5.75 Å². The van der Waals surface area contributed by atoms with Crippen LogP contribution in [0.5, 0.6) is 5.75 Å². The molecular weight excluding hydrogens is 299 g/mol. The summed E-state index contributed by atoms with van der Waals surface area (Å²) in [5, 5.41) is 0. The Hall–Kier alpha value is -0.880. The zero-order valence-corrected chi connectivity index (χ0v) is 13.2. The monoisotopic (exact) mass is 321 g/mol. The van der Waals surface area contributed by atoms with E-state index < -0.39 is 11.7 Å². The molecule has 6 heteroatoms. The molecule has 0 bridgehead atoms.